The lowest BCUT2D eigenvalue weighted by Crippen LogP contribution is -2.46. The molecule has 3 aromatic rings. The fraction of sp³-hybridized carbons (Fsp3) is 0.261. The number of nitrogens with two attached hydrogens (primary N) is 1. The Labute approximate surface area is 186 Å². The topological polar surface area (TPSA) is 101 Å². The van der Waals surface area contributed by atoms with Crippen LogP contribution in [0.5, 0.6) is 0 Å². The van der Waals surface area contributed by atoms with Crippen LogP contribution >= 0.6 is 0 Å². The Morgan fingerprint density at radius 3 is 2.48 bits per heavy atom. The van der Waals surface area contributed by atoms with Crippen molar-refractivity contribution in [3.05, 3.63) is 77.5 Å². The van der Waals surface area contributed by atoms with E-state index in [1.165, 1.54) is 12.4 Å². The predicted molar refractivity (Wildman–Crippen MR) is 113 cm³/mol. The first-order valence-corrected chi connectivity index (χ1v) is 10.2. The summed E-state index contributed by atoms with van der Waals surface area (Å²) in [5, 5.41) is 12.6. The smallest absolute Gasteiger partial charge is 0.274 e. The number of rotatable bonds is 4. The molecule has 1 amide bonds. The zero-order chi connectivity index (χ0) is 23.7. The molecule has 0 spiro atoms. The molecule has 0 aliphatic heterocycles. The van der Waals surface area contributed by atoms with E-state index in [9.17, 15) is 27.5 Å². The fourth-order valence-electron chi connectivity index (χ4n) is 4.04. The van der Waals surface area contributed by atoms with Gasteiger partial charge in [-0.1, -0.05) is 6.07 Å². The molecular weight excluding hydrogens is 440 g/mol. The Bertz CT molecular complexity index is 1160. The van der Waals surface area contributed by atoms with Crippen molar-refractivity contribution in [2.75, 3.05) is 5.32 Å². The molecule has 4 atom stereocenters. The number of aliphatic hydroxyl groups excluding tert-OH is 1. The van der Waals surface area contributed by atoms with Crippen LogP contribution in [0, 0.1) is 17.5 Å². The maximum absolute atomic E-state index is 14.3. The van der Waals surface area contributed by atoms with Gasteiger partial charge in [0.05, 0.1) is 23.6 Å². The van der Waals surface area contributed by atoms with Gasteiger partial charge in [0.2, 0.25) is 0 Å². The normalized spacial score (nSPS) is 22.7. The highest BCUT2D eigenvalue weighted by molar-refractivity contribution is 6.03. The Morgan fingerprint density at radius 1 is 1.06 bits per heavy atom. The van der Waals surface area contributed by atoms with Gasteiger partial charge in [-0.2, -0.15) is 0 Å². The van der Waals surface area contributed by atoms with Gasteiger partial charge in [-0.25, -0.2) is 22.5 Å². The molecule has 4 rings (SSSR count). The molecule has 2 aromatic heterocycles. The maximum atomic E-state index is 14.3. The van der Waals surface area contributed by atoms with Crippen LogP contribution in [0.2, 0.25) is 0 Å². The summed E-state index contributed by atoms with van der Waals surface area (Å²) in [5.74, 6) is -4.15. The first kappa shape index (κ1) is 22.8. The highest BCUT2D eigenvalue weighted by Gasteiger charge is 2.36. The number of hydrogen-bond acceptors (Lipinski definition) is 5. The summed E-state index contributed by atoms with van der Waals surface area (Å²) < 4.78 is 56.5. The Morgan fingerprint density at radius 2 is 1.79 bits per heavy atom. The molecule has 172 valence electrons. The van der Waals surface area contributed by atoms with Crippen LogP contribution in [-0.2, 0) is 0 Å². The summed E-state index contributed by atoms with van der Waals surface area (Å²) in [6.07, 6.45) is 0.422. The minimum absolute atomic E-state index is 0.104. The molecule has 0 radical (unpaired) electrons. The zero-order valence-electron chi connectivity index (χ0n) is 17.2. The Balaban J connectivity index is 1.63. The predicted octanol–water partition coefficient (Wildman–Crippen LogP) is 3.72. The lowest BCUT2D eigenvalue weighted by molar-refractivity contribution is 0.0238. The average Bonchev–Trinajstić information content (AvgIpc) is 2.78. The van der Waals surface area contributed by atoms with E-state index < -0.39 is 52.9 Å². The Kier molecular flexibility index (Phi) is 6.39. The van der Waals surface area contributed by atoms with E-state index >= 15 is 0 Å². The third kappa shape index (κ3) is 4.57. The number of carbonyl (C=O) groups excluding carboxylic acids is 1. The van der Waals surface area contributed by atoms with Crippen molar-refractivity contribution in [1.29, 1.82) is 0 Å². The zero-order valence-corrected chi connectivity index (χ0v) is 17.2. The van der Waals surface area contributed by atoms with Crippen LogP contribution in [0.1, 0.15) is 34.8 Å². The van der Waals surface area contributed by atoms with Gasteiger partial charge >= 0.3 is 0 Å². The second-order valence-corrected chi connectivity index (χ2v) is 7.88. The minimum atomic E-state index is -1.54. The van der Waals surface area contributed by atoms with Gasteiger partial charge in [0.15, 0.2) is 0 Å². The van der Waals surface area contributed by atoms with Gasteiger partial charge in [0, 0.05) is 12.2 Å². The molecule has 1 aliphatic rings. The summed E-state index contributed by atoms with van der Waals surface area (Å²) in [6, 6.07) is 5.77. The first-order chi connectivity index (χ1) is 15.8. The number of nitrogens with one attached hydrogen (secondary N) is 1. The van der Waals surface area contributed by atoms with Crippen LogP contribution in [0.25, 0.3) is 11.3 Å². The molecule has 1 aliphatic carbocycles. The van der Waals surface area contributed by atoms with E-state index in [2.05, 4.69) is 15.3 Å². The number of carbonyl (C=O) groups is 1. The molecule has 6 nitrogen and oxygen atoms in total. The van der Waals surface area contributed by atoms with Crippen molar-refractivity contribution >= 4 is 11.6 Å². The van der Waals surface area contributed by atoms with Crippen molar-refractivity contribution in [2.24, 2.45) is 5.73 Å². The van der Waals surface area contributed by atoms with E-state index in [0.29, 0.717) is 5.56 Å². The second-order valence-electron chi connectivity index (χ2n) is 7.88. The summed E-state index contributed by atoms with van der Waals surface area (Å²) in [6.45, 7) is 0. The number of halogens is 4. The number of alkyl halides is 1. The molecule has 1 fully saturated rings. The van der Waals surface area contributed by atoms with E-state index in [1.54, 1.807) is 6.07 Å². The third-order valence-electron chi connectivity index (χ3n) is 5.68. The molecule has 0 bridgehead atoms. The summed E-state index contributed by atoms with van der Waals surface area (Å²) >= 11 is 0. The minimum Gasteiger partial charge on any atom is -0.390 e. The SMILES string of the molecule is N[C@@H]1C[C@H](c2ccncc2NC(=O)c2ccc(F)c(-c3c(F)cccc3F)n2)C[C@H](O)[C@@H]1F. The van der Waals surface area contributed by atoms with Crippen molar-refractivity contribution in [3.8, 4) is 11.3 Å². The van der Waals surface area contributed by atoms with Gasteiger partial charge in [-0.05, 0) is 54.7 Å². The molecule has 1 aromatic carbocycles. The van der Waals surface area contributed by atoms with Gasteiger partial charge in [-0.15, -0.1) is 0 Å². The number of hydrogen-bond donors (Lipinski definition) is 3. The molecule has 2 heterocycles. The second kappa shape index (κ2) is 9.24. The molecule has 0 unspecified atom stereocenters. The molecular formula is C23H20F4N4O2. The van der Waals surface area contributed by atoms with Crippen LogP contribution < -0.4 is 11.1 Å². The molecule has 0 saturated heterocycles. The number of aliphatic hydroxyl groups is 1. The van der Waals surface area contributed by atoms with Crippen LogP contribution in [0.3, 0.4) is 0 Å². The Hall–Kier alpha value is -3.37. The van der Waals surface area contributed by atoms with Crippen LogP contribution in [-0.4, -0.2) is 39.3 Å². The average molecular weight is 460 g/mol. The summed E-state index contributed by atoms with van der Waals surface area (Å²) in [5.41, 5.74) is 5.06. The van der Waals surface area contributed by atoms with E-state index in [1.807, 2.05) is 0 Å². The van der Waals surface area contributed by atoms with E-state index in [-0.39, 0.29) is 30.1 Å². The van der Waals surface area contributed by atoms with Crippen LogP contribution in [0.15, 0.2) is 48.8 Å². The molecule has 33 heavy (non-hydrogen) atoms. The largest absolute Gasteiger partial charge is 0.390 e. The van der Waals surface area contributed by atoms with Gasteiger partial charge < -0.3 is 16.2 Å². The van der Waals surface area contributed by atoms with E-state index in [0.717, 1.165) is 30.3 Å². The van der Waals surface area contributed by atoms with Gasteiger partial charge in [0.25, 0.3) is 5.91 Å². The molecule has 4 N–H and O–H groups in total. The third-order valence-corrected chi connectivity index (χ3v) is 5.68. The number of nitrogens with zero attached hydrogens (tertiary/aromatic N) is 2. The maximum Gasteiger partial charge on any atom is 0.274 e. The number of benzene rings is 1. The number of anilines is 1. The highest BCUT2D eigenvalue weighted by atomic mass is 19.1. The van der Waals surface area contributed by atoms with Crippen molar-refractivity contribution in [3.63, 3.8) is 0 Å². The van der Waals surface area contributed by atoms with Crippen LogP contribution in [0.4, 0.5) is 23.2 Å². The van der Waals surface area contributed by atoms with Gasteiger partial charge in [-0.3, -0.25) is 9.78 Å². The van der Waals surface area contributed by atoms with Crippen molar-refractivity contribution in [1.82, 2.24) is 9.97 Å². The summed E-state index contributed by atoms with van der Waals surface area (Å²) in [7, 11) is 0. The number of aromatic nitrogens is 2. The highest BCUT2D eigenvalue weighted by Crippen LogP contribution is 2.37. The van der Waals surface area contributed by atoms with E-state index in [4.69, 9.17) is 5.73 Å². The summed E-state index contributed by atoms with van der Waals surface area (Å²) in [4.78, 5) is 20.7. The lowest BCUT2D eigenvalue weighted by atomic mass is 9.79. The molecule has 1 saturated carbocycles. The number of amides is 1. The number of pyridine rings is 2. The fourth-order valence-corrected chi connectivity index (χ4v) is 4.04. The van der Waals surface area contributed by atoms with Crippen molar-refractivity contribution in [2.45, 2.75) is 37.1 Å². The quantitative estimate of drug-likeness (QED) is 0.516. The van der Waals surface area contributed by atoms with Gasteiger partial charge in [0.1, 0.15) is 35.0 Å². The monoisotopic (exact) mass is 460 g/mol. The first-order valence-electron chi connectivity index (χ1n) is 10.2. The molecule has 10 heteroatoms. The lowest BCUT2D eigenvalue weighted by Gasteiger charge is -2.34. The standard InChI is InChI=1S/C23H20F4N4O2/c24-13-2-1-3-14(25)20(13)22-15(26)4-5-17(30-22)23(33)31-18-10-29-7-6-12(18)11-8-16(28)21(27)19(32)9-11/h1-7,10-11,16,19,21,32H,8-9,28H2,(H,31,33)/t11-,16+,19-,21+/m0/s1. The van der Waals surface area contributed by atoms with Crippen molar-refractivity contribution < 1.29 is 27.5 Å².